The highest BCUT2D eigenvalue weighted by Gasteiger charge is 2.24. The standard InChI is InChI=1S/C27H29FN2O4/c1-27(11-8-19(9-12-27)10-13-30-32)18-29-26(31)25(21-4-6-22(28)7-5-21)16-20-14-23(33-2)17-24(15-20)34-3/h4-11,13-17,30,32H,12,18H2,1-3H3,(H,29,31)/b13-10+,25-16+. The molecule has 1 unspecified atom stereocenters. The maximum absolute atomic E-state index is 13.5. The van der Waals surface area contributed by atoms with Crippen LogP contribution in [0.4, 0.5) is 4.39 Å². The molecular weight excluding hydrogens is 435 g/mol. The molecule has 3 rings (SSSR count). The van der Waals surface area contributed by atoms with Gasteiger partial charge in [-0.05, 0) is 59.5 Å². The summed E-state index contributed by atoms with van der Waals surface area (Å²) in [6, 6.07) is 11.2. The average Bonchev–Trinajstić information content (AvgIpc) is 2.86. The van der Waals surface area contributed by atoms with Crippen LogP contribution in [0.1, 0.15) is 24.5 Å². The predicted octanol–water partition coefficient (Wildman–Crippen LogP) is 4.88. The van der Waals surface area contributed by atoms with Crippen molar-refractivity contribution < 1.29 is 23.9 Å². The molecule has 178 valence electrons. The van der Waals surface area contributed by atoms with Gasteiger partial charge in [0.15, 0.2) is 0 Å². The highest BCUT2D eigenvalue weighted by molar-refractivity contribution is 6.24. The summed E-state index contributed by atoms with van der Waals surface area (Å²) >= 11 is 0. The number of hydrogen-bond acceptors (Lipinski definition) is 5. The molecule has 0 saturated heterocycles. The molecule has 2 aromatic carbocycles. The Kier molecular flexibility index (Phi) is 8.27. The molecule has 1 amide bonds. The number of carbonyl (C=O) groups excluding carboxylic acids is 1. The molecule has 1 aliphatic carbocycles. The van der Waals surface area contributed by atoms with E-state index >= 15 is 0 Å². The van der Waals surface area contributed by atoms with E-state index in [1.165, 1.54) is 18.3 Å². The lowest BCUT2D eigenvalue weighted by atomic mass is 9.81. The Balaban J connectivity index is 1.85. The topological polar surface area (TPSA) is 79.8 Å². The van der Waals surface area contributed by atoms with Crippen LogP contribution in [-0.4, -0.2) is 31.9 Å². The molecule has 1 aliphatic rings. The Bertz CT molecular complexity index is 1110. The summed E-state index contributed by atoms with van der Waals surface area (Å²) in [6.45, 7) is 2.47. The fraction of sp³-hybridized carbons (Fsp3) is 0.222. The van der Waals surface area contributed by atoms with Gasteiger partial charge in [-0.2, -0.15) is 0 Å². The fourth-order valence-corrected chi connectivity index (χ4v) is 3.54. The third kappa shape index (κ3) is 6.59. The van der Waals surface area contributed by atoms with E-state index in [1.807, 2.05) is 23.7 Å². The van der Waals surface area contributed by atoms with Crippen LogP contribution in [0.5, 0.6) is 11.5 Å². The first kappa shape index (κ1) is 24.8. The van der Waals surface area contributed by atoms with Gasteiger partial charge >= 0.3 is 0 Å². The molecule has 6 nitrogen and oxygen atoms in total. The molecule has 2 aromatic rings. The minimum Gasteiger partial charge on any atom is -0.497 e. The summed E-state index contributed by atoms with van der Waals surface area (Å²) in [5.74, 6) is 0.538. The van der Waals surface area contributed by atoms with Crippen LogP contribution in [0, 0.1) is 11.2 Å². The lowest BCUT2D eigenvalue weighted by Gasteiger charge is -2.28. The lowest BCUT2D eigenvalue weighted by molar-refractivity contribution is -0.115. The number of hydroxylamine groups is 1. The first-order valence-corrected chi connectivity index (χ1v) is 10.8. The van der Waals surface area contributed by atoms with Gasteiger partial charge < -0.3 is 14.8 Å². The van der Waals surface area contributed by atoms with Gasteiger partial charge in [0.05, 0.1) is 14.2 Å². The summed E-state index contributed by atoms with van der Waals surface area (Å²) in [4.78, 5) is 13.3. The molecule has 0 radical (unpaired) electrons. The van der Waals surface area contributed by atoms with Crippen molar-refractivity contribution in [3.8, 4) is 11.5 Å². The molecule has 0 spiro atoms. The van der Waals surface area contributed by atoms with Crippen molar-refractivity contribution in [2.75, 3.05) is 20.8 Å². The van der Waals surface area contributed by atoms with E-state index in [2.05, 4.69) is 12.2 Å². The number of amides is 1. The van der Waals surface area contributed by atoms with Crippen LogP contribution in [0.3, 0.4) is 0 Å². The van der Waals surface area contributed by atoms with Crippen LogP contribution in [0.15, 0.2) is 78.5 Å². The minimum atomic E-state index is -0.376. The minimum absolute atomic E-state index is 0.271. The second-order valence-electron chi connectivity index (χ2n) is 8.25. The van der Waals surface area contributed by atoms with Crippen molar-refractivity contribution in [2.45, 2.75) is 13.3 Å². The molecule has 34 heavy (non-hydrogen) atoms. The molecule has 0 heterocycles. The zero-order chi connectivity index (χ0) is 24.6. The van der Waals surface area contributed by atoms with E-state index in [0.29, 0.717) is 34.7 Å². The lowest BCUT2D eigenvalue weighted by Crippen LogP contribution is -2.35. The Morgan fingerprint density at radius 1 is 1.15 bits per heavy atom. The largest absolute Gasteiger partial charge is 0.497 e. The van der Waals surface area contributed by atoms with E-state index in [-0.39, 0.29) is 17.1 Å². The predicted molar refractivity (Wildman–Crippen MR) is 131 cm³/mol. The van der Waals surface area contributed by atoms with Gasteiger partial charge in [-0.1, -0.05) is 37.3 Å². The first-order valence-electron chi connectivity index (χ1n) is 10.8. The van der Waals surface area contributed by atoms with Crippen molar-refractivity contribution >= 4 is 17.6 Å². The molecule has 0 fully saturated rings. The summed E-state index contributed by atoms with van der Waals surface area (Å²) < 4.78 is 24.2. The fourth-order valence-electron chi connectivity index (χ4n) is 3.54. The number of rotatable bonds is 9. The van der Waals surface area contributed by atoms with E-state index in [4.69, 9.17) is 14.7 Å². The van der Waals surface area contributed by atoms with Gasteiger partial charge in [0.1, 0.15) is 17.3 Å². The van der Waals surface area contributed by atoms with Crippen molar-refractivity contribution in [2.24, 2.45) is 5.41 Å². The van der Waals surface area contributed by atoms with Crippen LogP contribution in [-0.2, 0) is 4.79 Å². The molecule has 0 aromatic heterocycles. The maximum Gasteiger partial charge on any atom is 0.251 e. The van der Waals surface area contributed by atoms with E-state index in [1.54, 1.807) is 56.7 Å². The number of nitrogens with one attached hydrogen (secondary N) is 2. The van der Waals surface area contributed by atoms with Crippen LogP contribution >= 0.6 is 0 Å². The number of ether oxygens (including phenoxy) is 2. The molecule has 3 N–H and O–H groups in total. The van der Waals surface area contributed by atoms with Gasteiger partial charge in [-0.3, -0.25) is 15.5 Å². The molecule has 0 saturated carbocycles. The highest BCUT2D eigenvalue weighted by atomic mass is 19.1. The van der Waals surface area contributed by atoms with Crippen molar-refractivity contribution in [1.82, 2.24) is 10.8 Å². The Labute approximate surface area is 199 Å². The number of hydrogen-bond donors (Lipinski definition) is 3. The number of halogens is 1. The van der Waals surface area contributed by atoms with Gasteiger partial charge in [0, 0.05) is 29.8 Å². The Hall–Kier alpha value is -3.84. The Morgan fingerprint density at radius 3 is 2.38 bits per heavy atom. The van der Waals surface area contributed by atoms with Crippen LogP contribution in [0.25, 0.3) is 11.6 Å². The normalized spacial score (nSPS) is 17.9. The number of carbonyl (C=O) groups is 1. The van der Waals surface area contributed by atoms with Crippen molar-refractivity contribution in [3.05, 3.63) is 95.5 Å². The van der Waals surface area contributed by atoms with Crippen molar-refractivity contribution in [1.29, 1.82) is 0 Å². The third-order valence-electron chi connectivity index (χ3n) is 5.57. The molecule has 0 bridgehead atoms. The Morgan fingerprint density at radius 2 is 1.82 bits per heavy atom. The smallest absolute Gasteiger partial charge is 0.251 e. The maximum atomic E-state index is 13.5. The molecule has 0 aliphatic heterocycles. The summed E-state index contributed by atoms with van der Waals surface area (Å²) in [7, 11) is 3.12. The third-order valence-corrected chi connectivity index (χ3v) is 5.57. The van der Waals surface area contributed by atoms with Gasteiger partial charge in [0.2, 0.25) is 0 Å². The zero-order valence-electron chi connectivity index (χ0n) is 19.5. The summed E-state index contributed by atoms with van der Waals surface area (Å²) in [5.41, 5.74) is 4.38. The zero-order valence-corrected chi connectivity index (χ0v) is 19.5. The quantitative estimate of drug-likeness (QED) is 0.280. The number of methoxy groups -OCH3 is 2. The number of allylic oxidation sites excluding steroid dienone is 4. The first-order chi connectivity index (χ1) is 16.4. The molecule has 7 heteroatoms. The molecule has 1 atom stereocenters. The van der Waals surface area contributed by atoms with Crippen LogP contribution < -0.4 is 20.3 Å². The van der Waals surface area contributed by atoms with Gasteiger partial charge in [-0.25, -0.2) is 4.39 Å². The van der Waals surface area contributed by atoms with Gasteiger partial charge in [-0.15, -0.1) is 0 Å². The van der Waals surface area contributed by atoms with Gasteiger partial charge in [0.25, 0.3) is 5.91 Å². The monoisotopic (exact) mass is 464 g/mol. The summed E-state index contributed by atoms with van der Waals surface area (Å²) in [5, 5.41) is 11.7. The average molecular weight is 465 g/mol. The van der Waals surface area contributed by atoms with E-state index in [9.17, 15) is 9.18 Å². The molecular formula is C27H29FN2O4. The van der Waals surface area contributed by atoms with E-state index < -0.39 is 0 Å². The number of benzene rings is 2. The second kappa shape index (κ2) is 11.3. The SMILES string of the molecule is COc1cc(/C=C(/C(=O)NCC2(C)C=CC(/C=C/NO)=CC2)c2ccc(F)cc2)cc(OC)c1. The highest BCUT2D eigenvalue weighted by Crippen LogP contribution is 2.30. The van der Waals surface area contributed by atoms with Crippen LogP contribution in [0.2, 0.25) is 0 Å². The van der Waals surface area contributed by atoms with E-state index in [0.717, 1.165) is 12.0 Å². The summed E-state index contributed by atoms with van der Waals surface area (Å²) in [6.07, 6.45) is 11.7. The van der Waals surface area contributed by atoms with Crippen molar-refractivity contribution in [3.63, 3.8) is 0 Å². The second-order valence-corrected chi connectivity index (χ2v) is 8.25.